The molecule has 0 N–H and O–H groups in total. The lowest BCUT2D eigenvalue weighted by molar-refractivity contribution is 0.194. The monoisotopic (exact) mass is 725 g/mol. The molecule has 3 nitrogen and oxygen atoms in total. The van der Waals surface area contributed by atoms with E-state index in [1.165, 1.54) is 135 Å². The average Bonchev–Trinajstić information content (AvgIpc) is 3.75. The molecule has 0 amide bonds. The first-order valence-electron chi connectivity index (χ1n) is 21.4. The molecule has 2 saturated carbocycles. The van der Waals surface area contributed by atoms with Crippen LogP contribution in [0.4, 0.5) is 22.7 Å². The molecule has 0 bridgehead atoms. The molecule has 7 aromatic rings. The van der Waals surface area contributed by atoms with Gasteiger partial charge in [0.15, 0.2) is 0 Å². The second-order valence-corrected chi connectivity index (χ2v) is 19.1. The lowest BCUT2D eigenvalue weighted by Gasteiger charge is -2.53. The minimum atomic E-state index is -0.0494. The van der Waals surface area contributed by atoms with Crippen molar-refractivity contribution in [3.8, 4) is 16.8 Å². The largest absolute Gasteiger partial charge is 0.335 e. The first-order valence-corrected chi connectivity index (χ1v) is 21.4. The quantitative estimate of drug-likeness (QED) is 0.164. The second-order valence-electron chi connectivity index (χ2n) is 19.1. The summed E-state index contributed by atoms with van der Waals surface area (Å²) in [4.78, 5) is 5.75. The van der Waals surface area contributed by atoms with E-state index in [0.717, 1.165) is 0 Å². The SMILES string of the molecule is CC12CCCCC1(C)N(c1cc3c4c(c1)-n1c5ccccc5c5cccc(c51)B4c1cc(-c4ccccc4)cc4c1N3C1(C)CCCCC41C)c1ccccc12. The number of rotatable bonds is 2. The van der Waals surface area contributed by atoms with E-state index in [-0.39, 0.29) is 28.6 Å². The minimum Gasteiger partial charge on any atom is -0.335 e. The van der Waals surface area contributed by atoms with Crippen LogP contribution in [0.2, 0.25) is 0 Å². The van der Waals surface area contributed by atoms with Crippen LogP contribution in [0.25, 0.3) is 38.6 Å². The predicted molar refractivity (Wildman–Crippen MR) is 236 cm³/mol. The van der Waals surface area contributed by atoms with Gasteiger partial charge >= 0.3 is 0 Å². The molecule has 1 aromatic heterocycles. The zero-order valence-corrected chi connectivity index (χ0v) is 33.1. The van der Waals surface area contributed by atoms with Gasteiger partial charge in [0.2, 0.25) is 0 Å². The molecule has 0 spiro atoms. The molecule has 4 heteroatoms. The lowest BCUT2D eigenvalue weighted by Crippen LogP contribution is -2.64. The molecule has 6 aliphatic rings. The summed E-state index contributed by atoms with van der Waals surface area (Å²) < 4.78 is 2.68. The first kappa shape index (κ1) is 31.9. The van der Waals surface area contributed by atoms with E-state index in [0.29, 0.717) is 0 Å². The van der Waals surface area contributed by atoms with Crippen LogP contribution in [0.15, 0.2) is 121 Å². The zero-order chi connectivity index (χ0) is 37.3. The Morgan fingerprint density at radius 2 is 1.16 bits per heavy atom. The number of hydrogen-bond acceptors (Lipinski definition) is 2. The fourth-order valence-electron chi connectivity index (χ4n) is 13.8. The predicted octanol–water partition coefficient (Wildman–Crippen LogP) is 11.1. The molecule has 13 rings (SSSR count). The van der Waals surface area contributed by atoms with Gasteiger partial charge in [0.25, 0.3) is 6.71 Å². The topological polar surface area (TPSA) is 11.4 Å². The van der Waals surface area contributed by atoms with Crippen LogP contribution < -0.4 is 26.2 Å². The Morgan fingerprint density at radius 3 is 1.98 bits per heavy atom. The molecule has 56 heavy (non-hydrogen) atoms. The van der Waals surface area contributed by atoms with Gasteiger partial charge in [-0.15, -0.1) is 0 Å². The third-order valence-electron chi connectivity index (χ3n) is 16.8. The van der Waals surface area contributed by atoms with Gasteiger partial charge in [-0.25, -0.2) is 0 Å². The number of hydrogen-bond donors (Lipinski definition) is 0. The number of nitrogens with zero attached hydrogens (tertiary/aromatic N) is 3. The van der Waals surface area contributed by atoms with Crippen LogP contribution in [0.5, 0.6) is 0 Å². The van der Waals surface area contributed by atoms with Crippen molar-refractivity contribution in [3.05, 3.63) is 132 Å². The van der Waals surface area contributed by atoms with Gasteiger partial charge in [-0.05, 0) is 109 Å². The summed E-state index contributed by atoms with van der Waals surface area (Å²) in [6.45, 7) is 10.5. The molecule has 4 aliphatic heterocycles. The van der Waals surface area contributed by atoms with Crippen LogP contribution >= 0.6 is 0 Å². The van der Waals surface area contributed by atoms with Crippen molar-refractivity contribution in [3.63, 3.8) is 0 Å². The van der Waals surface area contributed by atoms with Crippen LogP contribution in [0.3, 0.4) is 0 Å². The van der Waals surface area contributed by atoms with E-state index in [1.54, 1.807) is 5.56 Å². The van der Waals surface area contributed by atoms with E-state index >= 15 is 0 Å². The number of aromatic nitrogens is 1. The van der Waals surface area contributed by atoms with Crippen molar-refractivity contribution in [2.24, 2.45) is 0 Å². The fraction of sp³-hybridized carbons (Fsp3) is 0.308. The Bertz CT molecular complexity index is 2870. The van der Waals surface area contributed by atoms with E-state index in [4.69, 9.17) is 0 Å². The highest BCUT2D eigenvalue weighted by molar-refractivity contribution is 7.00. The Morgan fingerprint density at radius 1 is 0.500 bits per heavy atom. The number of benzene rings is 6. The van der Waals surface area contributed by atoms with Gasteiger partial charge in [0.1, 0.15) is 0 Å². The van der Waals surface area contributed by atoms with Gasteiger partial charge in [0, 0.05) is 55.6 Å². The summed E-state index contributed by atoms with van der Waals surface area (Å²) in [5, 5.41) is 2.70. The van der Waals surface area contributed by atoms with E-state index in [1.807, 2.05) is 0 Å². The van der Waals surface area contributed by atoms with Crippen molar-refractivity contribution < 1.29 is 0 Å². The Hall–Kier alpha value is -5.22. The molecular formula is C52H48BN3. The van der Waals surface area contributed by atoms with E-state index in [9.17, 15) is 0 Å². The lowest BCUT2D eigenvalue weighted by atomic mass is 9.33. The molecule has 6 aromatic carbocycles. The normalized spacial score (nSPS) is 27.6. The molecule has 274 valence electrons. The Labute approximate surface area is 331 Å². The molecule has 2 aliphatic carbocycles. The van der Waals surface area contributed by atoms with Crippen LogP contribution in [0.1, 0.15) is 90.2 Å². The van der Waals surface area contributed by atoms with Crippen molar-refractivity contribution in [1.82, 2.24) is 4.57 Å². The van der Waals surface area contributed by atoms with Gasteiger partial charge in [0.05, 0.1) is 16.6 Å². The maximum absolute atomic E-state index is 2.92. The zero-order valence-electron chi connectivity index (χ0n) is 33.1. The highest BCUT2D eigenvalue weighted by Crippen LogP contribution is 2.64. The van der Waals surface area contributed by atoms with Crippen molar-refractivity contribution in [1.29, 1.82) is 0 Å². The standard InChI is InChI=1S/C52H48BN3/c1-49-25-12-14-27-51(49,3)55(43-24-11-9-21-38(43)49)35-31-44-46-45(32-35)56-48-39(50(2)26-13-15-28-52(50,56)4)29-34(33-17-6-5-7-18-33)30-41(48)53(46)40-22-16-20-37-36-19-8-10-23-42(36)54(44)47(37)40/h5-11,16-24,29-32H,12-15,25-28H2,1-4H3. The van der Waals surface area contributed by atoms with Crippen molar-refractivity contribution in [2.75, 3.05) is 9.80 Å². The fourth-order valence-corrected chi connectivity index (χ4v) is 13.8. The maximum atomic E-state index is 2.92. The second kappa shape index (κ2) is 10.4. The summed E-state index contributed by atoms with van der Waals surface area (Å²) in [6.07, 6.45) is 9.96. The van der Waals surface area contributed by atoms with E-state index < -0.39 is 0 Å². The molecule has 4 atom stereocenters. The van der Waals surface area contributed by atoms with Gasteiger partial charge in [-0.2, -0.15) is 0 Å². The number of anilines is 4. The summed E-state index contributed by atoms with van der Waals surface area (Å²) in [6, 6.07) is 47.4. The van der Waals surface area contributed by atoms with Crippen LogP contribution in [0, 0.1) is 0 Å². The summed E-state index contributed by atoms with van der Waals surface area (Å²) in [5.41, 5.74) is 19.9. The van der Waals surface area contributed by atoms with Crippen molar-refractivity contribution in [2.45, 2.75) is 101 Å². The first-order chi connectivity index (χ1) is 27.3. The van der Waals surface area contributed by atoms with Gasteiger partial charge < -0.3 is 14.4 Å². The highest BCUT2D eigenvalue weighted by Gasteiger charge is 2.62. The molecule has 2 fully saturated rings. The Kier molecular flexibility index (Phi) is 5.92. The minimum absolute atomic E-state index is 0.0213. The highest BCUT2D eigenvalue weighted by atomic mass is 15.3. The third-order valence-corrected chi connectivity index (χ3v) is 16.8. The molecule has 4 unspecified atom stereocenters. The number of para-hydroxylation sites is 3. The van der Waals surface area contributed by atoms with Gasteiger partial charge in [-0.1, -0.05) is 131 Å². The smallest absolute Gasteiger partial charge is 0.252 e. The van der Waals surface area contributed by atoms with E-state index in [2.05, 4.69) is 163 Å². The third kappa shape index (κ3) is 3.49. The number of fused-ring (bicyclic) bond motifs is 13. The molecule has 0 radical (unpaired) electrons. The molecule has 0 saturated heterocycles. The maximum Gasteiger partial charge on any atom is 0.252 e. The summed E-state index contributed by atoms with van der Waals surface area (Å²) >= 11 is 0. The van der Waals surface area contributed by atoms with Crippen molar-refractivity contribution >= 4 is 67.7 Å². The van der Waals surface area contributed by atoms with Crippen LogP contribution in [-0.4, -0.2) is 22.4 Å². The molecule has 5 heterocycles. The summed E-state index contributed by atoms with van der Waals surface area (Å²) in [5.74, 6) is 0. The van der Waals surface area contributed by atoms with Gasteiger partial charge in [-0.3, -0.25) is 0 Å². The average molecular weight is 726 g/mol. The Balaban J connectivity index is 1.19. The summed E-state index contributed by atoms with van der Waals surface area (Å²) in [7, 11) is 0. The van der Waals surface area contributed by atoms with Crippen LogP contribution in [-0.2, 0) is 10.8 Å². The molecular weight excluding hydrogens is 677 g/mol.